The number of carbonyl (C=O) groups excluding carboxylic acids is 4. The van der Waals surface area contributed by atoms with Crippen LogP contribution in [0.3, 0.4) is 0 Å². The summed E-state index contributed by atoms with van der Waals surface area (Å²) < 4.78 is 131. The molecule has 0 N–H and O–H groups in total. The highest BCUT2D eigenvalue weighted by atomic mass is 16.8. The van der Waals surface area contributed by atoms with Crippen LogP contribution >= 0.6 is 0 Å². The van der Waals surface area contributed by atoms with Gasteiger partial charge in [-0.2, -0.15) is 0 Å². The van der Waals surface area contributed by atoms with Crippen LogP contribution in [-0.4, -0.2) is 189 Å². The van der Waals surface area contributed by atoms with E-state index in [2.05, 4.69) is 0 Å². The van der Waals surface area contributed by atoms with E-state index in [1.807, 2.05) is 158 Å². The van der Waals surface area contributed by atoms with Gasteiger partial charge in [-0.1, -0.05) is 189 Å². The van der Waals surface area contributed by atoms with Crippen molar-refractivity contribution in [1.29, 1.82) is 0 Å². The molecule has 4 heterocycles. The van der Waals surface area contributed by atoms with Gasteiger partial charge in [-0.05, 0) is 33.4 Å². The average Bonchev–Trinajstić information content (AvgIpc) is 0.763. The van der Waals surface area contributed by atoms with Crippen LogP contribution in [0.4, 0.5) is 0 Å². The van der Waals surface area contributed by atoms with Crippen LogP contribution in [-0.2, 0) is 154 Å². The summed E-state index contributed by atoms with van der Waals surface area (Å²) in [4.78, 5) is 56.3. The monoisotopic (exact) mass is 1390 g/mol. The number of hydrogen-bond acceptors (Lipinski definition) is 24. The van der Waals surface area contributed by atoms with Crippen molar-refractivity contribution in [3.8, 4) is 0 Å². The minimum absolute atomic E-state index is 0.0625. The number of esters is 4. The molecular formula is C76H90O24. The van der Waals surface area contributed by atoms with Crippen LogP contribution in [0.25, 0.3) is 0 Å². The van der Waals surface area contributed by atoms with Crippen LogP contribution in [0, 0.1) is 5.92 Å². The molecule has 8 unspecified atom stereocenters. The third-order valence-electron chi connectivity index (χ3n) is 17.7. The Kier molecular flexibility index (Phi) is 28.6. The fourth-order valence-corrected chi connectivity index (χ4v) is 12.7. The molecule has 0 saturated carbocycles. The predicted molar refractivity (Wildman–Crippen MR) is 354 cm³/mol. The zero-order chi connectivity index (χ0) is 70.3. The summed E-state index contributed by atoms with van der Waals surface area (Å²) in [7, 11) is 7.19. The van der Waals surface area contributed by atoms with Gasteiger partial charge in [0.1, 0.15) is 87.0 Å². The molecule has 24 heteroatoms. The minimum Gasteiger partial charge on any atom is -0.463 e. The van der Waals surface area contributed by atoms with E-state index in [4.69, 9.17) is 94.7 Å². The summed E-state index contributed by atoms with van der Waals surface area (Å²) in [6, 6.07) is 56.0. The van der Waals surface area contributed by atoms with E-state index in [1.165, 1.54) is 49.4 Å². The van der Waals surface area contributed by atoms with E-state index >= 15 is 4.79 Å². The van der Waals surface area contributed by atoms with Crippen LogP contribution in [0.1, 0.15) is 54.2 Å². The molecule has 4 fully saturated rings. The topological polar surface area (TPSA) is 253 Å². The molecule has 6 aromatic carbocycles. The van der Waals surface area contributed by atoms with Gasteiger partial charge in [0.15, 0.2) is 43.5 Å². The molecule has 538 valence electrons. The molecule has 20 atom stereocenters. The normalized spacial score (nSPS) is 29.8. The Morgan fingerprint density at radius 1 is 0.320 bits per heavy atom. The quantitative estimate of drug-likeness (QED) is 0.0277. The highest BCUT2D eigenvalue weighted by molar-refractivity contribution is 5.76. The third kappa shape index (κ3) is 20.0. The van der Waals surface area contributed by atoms with Gasteiger partial charge >= 0.3 is 23.9 Å². The summed E-state index contributed by atoms with van der Waals surface area (Å²) in [6.07, 6.45) is -25.1. The molecule has 0 bridgehead atoms. The van der Waals surface area contributed by atoms with Crippen LogP contribution in [0.15, 0.2) is 182 Å². The predicted octanol–water partition coefficient (Wildman–Crippen LogP) is 8.34. The molecule has 4 aliphatic heterocycles. The van der Waals surface area contributed by atoms with Crippen molar-refractivity contribution in [2.75, 3.05) is 48.8 Å². The van der Waals surface area contributed by atoms with Crippen molar-refractivity contribution in [3.63, 3.8) is 0 Å². The fraction of sp³-hybridized carbons (Fsp3) is 0.474. The zero-order valence-corrected chi connectivity index (χ0v) is 57.3. The van der Waals surface area contributed by atoms with Gasteiger partial charge in [-0.25, -0.2) is 9.59 Å². The Morgan fingerprint density at radius 2 is 0.680 bits per heavy atom. The maximum absolute atomic E-state index is 15.4. The number of rotatable bonds is 33. The Balaban J connectivity index is 1.03. The van der Waals surface area contributed by atoms with Crippen molar-refractivity contribution < 1.29 is 114 Å². The average molecular weight is 1390 g/mol. The Morgan fingerprint density at radius 3 is 1.12 bits per heavy atom. The number of benzene rings is 6. The summed E-state index contributed by atoms with van der Waals surface area (Å²) >= 11 is 0. The largest absolute Gasteiger partial charge is 0.463 e. The second-order valence-electron chi connectivity index (χ2n) is 24.5. The number of carbonyl (C=O) groups is 4. The lowest BCUT2D eigenvalue weighted by Crippen LogP contribution is -2.69. The molecule has 24 nitrogen and oxygen atoms in total. The second kappa shape index (κ2) is 38.0. The van der Waals surface area contributed by atoms with Crippen LogP contribution in [0.5, 0.6) is 0 Å². The minimum atomic E-state index is -1.78. The lowest BCUT2D eigenvalue weighted by atomic mass is 9.90. The SMILES string of the molecule is COC1C(OC)[C@H](O[C@H]2O[C@@H](COC(C)=O)[C@@H](O[C@@H]3OC(C(=O)OCc4ccccc4)[C@@H](C)[C@H](OC)C3OC)C(OC(C)=O)C2OCc2ccccc2)[C@H](C(=O)OCc2ccccc2)O[C@H]1O[C@@H]1C(COCc2ccccc2)O[C@@H](OC)C(OCc2ccccc2)[C@@H]1OCc1ccccc1. The van der Waals surface area contributed by atoms with Gasteiger partial charge < -0.3 is 94.7 Å². The van der Waals surface area contributed by atoms with Crippen molar-refractivity contribution in [2.45, 2.75) is 177 Å². The molecule has 0 aliphatic carbocycles. The lowest BCUT2D eigenvalue weighted by Gasteiger charge is -2.51. The van der Waals surface area contributed by atoms with E-state index in [9.17, 15) is 14.4 Å². The fourth-order valence-electron chi connectivity index (χ4n) is 12.7. The summed E-state index contributed by atoms with van der Waals surface area (Å²) in [5.74, 6) is -3.84. The molecule has 0 spiro atoms. The Bertz CT molecular complexity index is 3400. The molecule has 4 saturated heterocycles. The number of hydrogen-bond donors (Lipinski definition) is 0. The molecule has 0 amide bonds. The maximum Gasteiger partial charge on any atom is 0.338 e. The first-order valence-corrected chi connectivity index (χ1v) is 33.3. The van der Waals surface area contributed by atoms with Gasteiger partial charge in [0, 0.05) is 55.3 Å². The molecule has 0 radical (unpaired) electrons. The molecule has 4 aliphatic rings. The van der Waals surface area contributed by atoms with Gasteiger partial charge in [0.2, 0.25) is 0 Å². The molecule has 10 rings (SSSR count). The van der Waals surface area contributed by atoms with E-state index in [1.54, 1.807) is 31.2 Å². The van der Waals surface area contributed by atoms with E-state index in [0.29, 0.717) is 11.1 Å². The van der Waals surface area contributed by atoms with Crippen molar-refractivity contribution >= 4 is 23.9 Å². The van der Waals surface area contributed by atoms with Gasteiger partial charge in [0.25, 0.3) is 0 Å². The standard InChI is InChI=1S/C76H90O24/c1-47-58(81-4)67(83-6)74(96-59(47)71(79)91-43-54-35-23-13-24-36-54)98-61-57(46-87-48(2)77)95-76(70(64(61)93-49(3)78)90-42-53-33-21-12-22-34-53)99-65-62(82-5)68(84-7)75(100-66(65)72(80)92-44-55-37-25-14-26-38-55)97-60-56(45-86-39-50-27-15-9-16-28-50)94-73(85-8)69(89-41-52-31-19-11-20-32-52)63(60)88-40-51-29-17-10-18-30-51/h9-38,47,56-70,73-76H,39-46H2,1-8H3/t47-,56?,57-,58-,59?,60+,61+,62?,63+,64?,65-,66+,67?,68?,69?,70?,73+,74-,75+,76+/m0/s1. The van der Waals surface area contributed by atoms with Crippen LogP contribution < -0.4 is 0 Å². The highest BCUT2D eigenvalue weighted by Gasteiger charge is 2.60. The number of methoxy groups -OCH3 is 5. The summed E-state index contributed by atoms with van der Waals surface area (Å²) in [5, 5.41) is 0. The third-order valence-corrected chi connectivity index (χ3v) is 17.7. The molecule has 100 heavy (non-hydrogen) atoms. The second-order valence-corrected chi connectivity index (χ2v) is 24.5. The molecular weight excluding hydrogens is 1300 g/mol. The number of ether oxygens (including phenoxy) is 20. The van der Waals surface area contributed by atoms with Crippen molar-refractivity contribution in [1.82, 2.24) is 0 Å². The summed E-state index contributed by atoms with van der Waals surface area (Å²) in [6.45, 7) is 3.50. The first-order chi connectivity index (χ1) is 48.8. The van der Waals surface area contributed by atoms with Gasteiger partial charge in [0.05, 0.1) is 39.1 Å². The first kappa shape index (κ1) is 75.2. The Labute approximate surface area is 582 Å². The lowest BCUT2D eigenvalue weighted by molar-refractivity contribution is -0.391. The highest BCUT2D eigenvalue weighted by Crippen LogP contribution is 2.41. The van der Waals surface area contributed by atoms with Crippen molar-refractivity contribution in [2.24, 2.45) is 5.92 Å². The maximum atomic E-state index is 15.4. The summed E-state index contributed by atoms with van der Waals surface area (Å²) in [5.41, 5.74) is 4.66. The zero-order valence-electron chi connectivity index (χ0n) is 57.3. The Hall–Kier alpha value is -7.44. The van der Waals surface area contributed by atoms with Crippen molar-refractivity contribution in [3.05, 3.63) is 215 Å². The van der Waals surface area contributed by atoms with E-state index in [-0.39, 0.29) is 46.2 Å². The molecule has 6 aromatic rings. The molecule has 0 aromatic heterocycles. The van der Waals surface area contributed by atoms with Gasteiger partial charge in [-0.3, -0.25) is 9.59 Å². The van der Waals surface area contributed by atoms with Gasteiger partial charge in [-0.15, -0.1) is 0 Å². The van der Waals surface area contributed by atoms with Crippen LogP contribution in [0.2, 0.25) is 0 Å². The van der Waals surface area contributed by atoms with E-state index < -0.39 is 153 Å². The first-order valence-electron chi connectivity index (χ1n) is 33.3. The van der Waals surface area contributed by atoms with E-state index in [0.717, 1.165) is 22.3 Å². The smallest absolute Gasteiger partial charge is 0.338 e.